The van der Waals surface area contributed by atoms with Crippen LogP contribution >= 0.6 is 11.6 Å². The first-order valence-corrected chi connectivity index (χ1v) is 13.6. The van der Waals surface area contributed by atoms with Gasteiger partial charge in [0, 0.05) is 64.5 Å². The highest BCUT2D eigenvalue weighted by Crippen LogP contribution is 2.46. The first kappa shape index (κ1) is 25.7. The number of aromatic hydroxyl groups is 2. The molecule has 2 heterocycles. The summed E-state index contributed by atoms with van der Waals surface area (Å²) in [7, 11) is 0. The molecule has 1 aliphatic rings. The van der Waals surface area contributed by atoms with Crippen molar-refractivity contribution in [3.63, 3.8) is 0 Å². The number of aromatic amines is 1. The van der Waals surface area contributed by atoms with E-state index in [1.165, 1.54) is 18.2 Å². The number of hydrogen-bond donors (Lipinski definition) is 3. The Morgan fingerprint density at radius 2 is 1.85 bits per heavy atom. The number of anilines is 1. The first-order chi connectivity index (χ1) is 19.3. The van der Waals surface area contributed by atoms with E-state index in [9.17, 15) is 19.8 Å². The van der Waals surface area contributed by atoms with Gasteiger partial charge in [-0.3, -0.25) is 9.59 Å². The molecule has 0 saturated heterocycles. The molecule has 0 saturated carbocycles. The van der Waals surface area contributed by atoms with Crippen molar-refractivity contribution in [2.24, 2.45) is 0 Å². The maximum atomic E-state index is 13.4. The number of phenols is 2. The van der Waals surface area contributed by atoms with Gasteiger partial charge in [-0.05, 0) is 77.5 Å². The van der Waals surface area contributed by atoms with E-state index in [1.54, 1.807) is 29.2 Å². The molecule has 40 heavy (non-hydrogen) atoms. The minimum atomic E-state index is -0.194. The molecule has 1 aromatic heterocycles. The van der Waals surface area contributed by atoms with Crippen LogP contribution in [0.4, 0.5) is 5.69 Å². The molecule has 1 atom stereocenters. The highest BCUT2D eigenvalue weighted by Gasteiger charge is 2.34. The first-order valence-electron chi connectivity index (χ1n) is 13.1. The number of aromatic nitrogens is 1. The highest BCUT2D eigenvalue weighted by atomic mass is 35.5. The van der Waals surface area contributed by atoms with Gasteiger partial charge in [-0.25, -0.2) is 0 Å². The Morgan fingerprint density at radius 3 is 2.62 bits per heavy atom. The Bertz CT molecular complexity index is 1820. The summed E-state index contributed by atoms with van der Waals surface area (Å²) < 4.78 is 0. The fourth-order valence-corrected chi connectivity index (χ4v) is 5.88. The number of nitrogens with one attached hydrogen (secondary N) is 1. The third-order valence-corrected chi connectivity index (χ3v) is 7.96. The predicted molar refractivity (Wildman–Crippen MR) is 160 cm³/mol. The van der Waals surface area contributed by atoms with Crippen molar-refractivity contribution in [3.05, 3.63) is 107 Å². The van der Waals surface area contributed by atoms with Crippen LogP contribution in [0.3, 0.4) is 0 Å². The van der Waals surface area contributed by atoms with Crippen LogP contribution in [0.1, 0.15) is 38.7 Å². The number of nitrogens with zero attached hydrogens (tertiary/aromatic N) is 1. The fourth-order valence-electron chi connectivity index (χ4n) is 5.62. The minimum absolute atomic E-state index is 0.0317. The van der Waals surface area contributed by atoms with Crippen molar-refractivity contribution in [1.29, 1.82) is 0 Å². The number of benzene rings is 4. The number of Topliss-reactive ketones (excluding diaryl/α,β-unsaturated/α-hetero) is 1. The number of phenolic OH excluding ortho intramolecular Hbond substituents is 2. The second-order valence-corrected chi connectivity index (χ2v) is 10.6. The summed E-state index contributed by atoms with van der Waals surface area (Å²) in [5, 5.41) is 22.8. The average molecular weight is 551 g/mol. The number of carbonyl (C=O) groups excluding carboxylic acids is 2. The van der Waals surface area contributed by atoms with Gasteiger partial charge in [-0.2, -0.15) is 0 Å². The number of fused-ring (bicyclic) bond motifs is 4. The molecule has 6 nitrogen and oxygen atoms in total. The van der Waals surface area contributed by atoms with Gasteiger partial charge in [-0.15, -0.1) is 11.6 Å². The van der Waals surface area contributed by atoms with Crippen LogP contribution < -0.4 is 4.90 Å². The minimum Gasteiger partial charge on any atom is -0.508 e. The molecule has 4 aromatic carbocycles. The third kappa shape index (κ3) is 4.61. The van der Waals surface area contributed by atoms with E-state index in [4.69, 9.17) is 11.6 Å². The summed E-state index contributed by atoms with van der Waals surface area (Å²) in [6.45, 7) is 2.45. The Morgan fingerprint density at radius 1 is 1.05 bits per heavy atom. The summed E-state index contributed by atoms with van der Waals surface area (Å²) in [6.07, 6.45) is 3.51. The summed E-state index contributed by atoms with van der Waals surface area (Å²) >= 11 is 6.35. The van der Waals surface area contributed by atoms with Gasteiger partial charge in [-0.1, -0.05) is 24.3 Å². The molecular weight excluding hydrogens is 524 g/mol. The Labute approximate surface area is 236 Å². The lowest BCUT2D eigenvalue weighted by Gasteiger charge is -2.17. The van der Waals surface area contributed by atoms with E-state index in [-0.39, 0.29) is 35.5 Å². The Hall–Kier alpha value is -4.55. The monoisotopic (exact) mass is 550 g/mol. The second kappa shape index (κ2) is 10.2. The van der Waals surface area contributed by atoms with Crippen molar-refractivity contribution >= 4 is 56.7 Å². The molecule has 5 aromatic rings. The highest BCUT2D eigenvalue weighted by molar-refractivity contribution is 6.19. The van der Waals surface area contributed by atoms with Gasteiger partial charge in [0.15, 0.2) is 5.78 Å². The summed E-state index contributed by atoms with van der Waals surface area (Å²) in [6, 6.07) is 21.4. The van der Waals surface area contributed by atoms with Gasteiger partial charge < -0.3 is 20.1 Å². The van der Waals surface area contributed by atoms with Gasteiger partial charge in [0.1, 0.15) is 11.5 Å². The number of ketones is 1. The normalized spacial score (nSPS) is 14.8. The van der Waals surface area contributed by atoms with Crippen LogP contribution in [0.2, 0.25) is 0 Å². The largest absolute Gasteiger partial charge is 0.508 e. The van der Waals surface area contributed by atoms with Gasteiger partial charge in [0.25, 0.3) is 5.91 Å². The maximum Gasteiger partial charge on any atom is 0.251 e. The van der Waals surface area contributed by atoms with E-state index in [2.05, 4.69) is 4.98 Å². The number of halogens is 1. The smallest absolute Gasteiger partial charge is 0.251 e. The number of hydrogen-bond acceptors (Lipinski definition) is 4. The summed E-state index contributed by atoms with van der Waals surface area (Å²) in [5.41, 5.74) is 5.81. The maximum absolute atomic E-state index is 13.4. The lowest BCUT2D eigenvalue weighted by molar-refractivity contribution is -0.114. The lowest BCUT2D eigenvalue weighted by Crippen LogP contribution is -2.28. The molecule has 6 rings (SSSR count). The van der Waals surface area contributed by atoms with Crippen molar-refractivity contribution in [3.8, 4) is 11.5 Å². The van der Waals surface area contributed by atoms with E-state index in [1.807, 2.05) is 49.4 Å². The number of alkyl halides is 1. The molecule has 0 unspecified atom stereocenters. The van der Waals surface area contributed by atoms with Crippen LogP contribution in [0.5, 0.6) is 11.5 Å². The van der Waals surface area contributed by atoms with E-state index < -0.39 is 0 Å². The van der Waals surface area contributed by atoms with Crippen molar-refractivity contribution in [1.82, 2.24) is 4.98 Å². The molecule has 3 N–H and O–H groups in total. The molecule has 0 fully saturated rings. The van der Waals surface area contributed by atoms with E-state index in [0.29, 0.717) is 23.7 Å². The third-order valence-electron chi connectivity index (χ3n) is 7.59. The fraction of sp³-hybridized carbons (Fsp3) is 0.152. The molecular formula is C33H27ClN2O4. The summed E-state index contributed by atoms with van der Waals surface area (Å²) in [5.74, 6) is 0.377. The molecule has 0 bridgehead atoms. The zero-order chi connectivity index (χ0) is 28.0. The van der Waals surface area contributed by atoms with Gasteiger partial charge >= 0.3 is 0 Å². The van der Waals surface area contributed by atoms with Gasteiger partial charge in [0.05, 0.1) is 5.69 Å². The Kier molecular flexibility index (Phi) is 6.56. The Balaban J connectivity index is 1.24. The van der Waals surface area contributed by atoms with Crippen molar-refractivity contribution < 1.29 is 19.8 Å². The topological polar surface area (TPSA) is 93.6 Å². The molecule has 0 spiro atoms. The number of rotatable bonds is 6. The number of amides is 1. The van der Waals surface area contributed by atoms with Crippen LogP contribution in [-0.4, -0.2) is 39.3 Å². The van der Waals surface area contributed by atoms with E-state index >= 15 is 0 Å². The van der Waals surface area contributed by atoms with Gasteiger partial charge in [0.2, 0.25) is 0 Å². The zero-order valence-corrected chi connectivity index (χ0v) is 22.6. The zero-order valence-electron chi connectivity index (χ0n) is 21.8. The van der Waals surface area contributed by atoms with E-state index in [0.717, 1.165) is 44.1 Å². The average Bonchev–Trinajstić information content (AvgIpc) is 3.53. The molecule has 0 radical (unpaired) electrons. The SMILES string of the molecule is Cc1cccc2c(O)cc3c(c12)[C@H](CCl)CN3C(=O)/C=C/c1cc2cc(CC(=O)c3ccc(O)cc3)ccc2[nH]1. The van der Waals surface area contributed by atoms with Crippen molar-refractivity contribution in [2.75, 3.05) is 17.3 Å². The number of carbonyl (C=O) groups is 2. The van der Waals surface area contributed by atoms with Crippen LogP contribution in [0, 0.1) is 6.92 Å². The predicted octanol–water partition coefficient (Wildman–Crippen LogP) is 6.85. The second-order valence-electron chi connectivity index (χ2n) is 10.3. The molecule has 1 amide bonds. The lowest BCUT2D eigenvalue weighted by atomic mass is 9.92. The summed E-state index contributed by atoms with van der Waals surface area (Å²) in [4.78, 5) is 31.0. The van der Waals surface area contributed by atoms with Crippen LogP contribution in [0.25, 0.3) is 27.8 Å². The molecule has 0 aliphatic carbocycles. The molecule has 200 valence electrons. The number of aryl methyl sites for hydroxylation is 1. The standard InChI is InChI=1S/C33H27ClN2O4/c1-19-3-2-4-26-30(39)16-28-33(32(19)26)23(17-34)18-36(28)31(40)12-8-24-15-22-13-20(5-11-27(22)35-24)14-29(38)21-6-9-25(37)10-7-21/h2-13,15-16,23,35,37,39H,14,17-18H2,1H3/b12-8+/t23-/m1/s1. The van der Waals surface area contributed by atoms with Crippen molar-refractivity contribution in [2.45, 2.75) is 19.3 Å². The van der Waals surface area contributed by atoms with Crippen LogP contribution in [-0.2, 0) is 11.2 Å². The molecule has 7 heteroatoms. The number of H-pyrrole nitrogens is 1. The molecule has 1 aliphatic heterocycles. The quantitative estimate of drug-likeness (QED) is 0.122. The van der Waals surface area contributed by atoms with Crippen LogP contribution in [0.15, 0.2) is 78.9 Å².